The summed E-state index contributed by atoms with van der Waals surface area (Å²) in [7, 11) is 0. The summed E-state index contributed by atoms with van der Waals surface area (Å²) in [6.45, 7) is 3.56. The number of carboxylic acids is 1. The number of nitrogens with zero attached hydrogens (tertiary/aromatic N) is 2. The maximum Gasteiger partial charge on any atom is 0.323 e. The van der Waals surface area contributed by atoms with Crippen LogP contribution in [0.1, 0.15) is 37.0 Å². The topological polar surface area (TPSA) is 113 Å². The van der Waals surface area contributed by atoms with Gasteiger partial charge in [0.2, 0.25) is 0 Å². The van der Waals surface area contributed by atoms with Gasteiger partial charge in [0.15, 0.2) is 0 Å². The largest absolute Gasteiger partial charge is 0.480 e. The molecule has 0 aliphatic heterocycles. The Balaban J connectivity index is 2.27. The molecule has 1 fully saturated rings. The van der Waals surface area contributed by atoms with Crippen molar-refractivity contribution in [2.24, 2.45) is 5.92 Å². The fraction of sp³-hybridized carbons (Fsp3) is 0.500. The van der Waals surface area contributed by atoms with Gasteiger partial charge >= 0.3 is 5.97 Å². The molecule has 1 aliphatic rings. The Morgan fingerprint density at radius 2 is 2.08 bits per heavy atom. The molecule has 1 aromatic rings. The second-order valence-electron chi connectivity index (χ2n) is 6.38. The lowest BCUT2D eigenvalue weighted by atomic mass is 10.1. The monoisotopic (exact) mass is 335 g/mol. The summed E-state index contributed by atoms with van der Waals surface area (Å²) in [5.41, 5.74) is 0.324. The lowest BCUT2D eigenvalue weighted by Gasteiger charge is -2.23. The van der Waals surface area contributed by atoms with Gasteiger partial charge < -0.3 is 15.3 Å². The first-order valence-electron chi connectivity index (χ1n) is 7.84. The SMILES string of the molecule is CC(C)CN(CC(=O)O)C(=O)c1ccc(NC2CC2)c([N+](=O)[O-])c1. The number of nitrogens with one attached hydrogen (secondary N) is 1. The Morgan fingerprint density at radius 3 is 2.58 bits per heavy atom. The molecule has 1 saturated carbocycles. The first-order valence-corrected chi connectivity index (χ1v) is 7.84. The Bertz CT molecular complexity index is 655. The van der Waals surface area contributed by atoms with Crippen LogP contribution in [0.25, 0.3) is 0 Å². The molecular formula is C16H21N3O5. The minimum absolute atomic E-state index is 0.0825. The average molecular weight is 335 g/mol. The van der Waals surface area contributed by atoms with Crippen molar-refractivity contribution in [2.45, 2.75) is 32.7 Å². The highest BCUT2D eigenvalue weighted by Crippen LogP contribution is 2.31. The van der Waals surface area contributed by atoms with Crippen molar-refractivity contribution in [2.75, 3.05) is 18.4 Å². The van der Waals surface area contributed by atoms with Crippen molar-refractivity contribution in [3.63, 3.8) is 0 Å². The molecular weight excluding hydrogens is 314 g/mol. The van der Waals surface area contributed by atoms with E-state index in [1.165, 1.54) is 23.1 Å². The van der Waals surface area contributed by atoms with E-state index in [2.05, 4.69) is 5.32 Å². The number of nitro groups is 1. The van der Waals surface area contributed by atoms with Crippen LogP contribution < -0.4 is 5.32 Å². The number of carboxylic acid groups (broad SMARTS) is 1. The van der Waals surface area contributed by atoms with Gasteiger partial charge in [0, 0.05) is 24.2 Å². The van der Waals surface area contributed by atoms with Gasteiger partial charge in [0.05, 0.1) is 4.92 Å². The molecule has 0 spiro atoms. The second-order valence-corrected chi connectivity index (χ2v) is 6.38. The molecule has 8 heteroatoms. The van der Waals surface area contributed by atoms with Gasteiger partial charge in [-0.1, -0.05) is 13.8 Å². The van der Waals surface area contributed by atoms with E-state index in [1.54, 1.807) is 0 Å². The molecule has 2 N–H and O–H groups in total. The Morgan fingerprint density at radius 1 is 1.42 bits per heavy atom. The molecule has 0 aromatic heterocycles. The summed E-state index contributed by atoms with van der Waals surface area (Å²) in [4.78, 5) is 35.5. The average Bonchev–Trinajstić information content (AvgIpc) is 3.29. The van der Waals surface area contributed by atoms with Crippen LogP contribution in [0.4, 0.5) is 11.4 Å². The Hall–Kier alpha value is -2.64. The molecule has 0 saturated heterocycles. The predicted octanol–water partition coefficient (Wildman–Crippen LogP) is 2.35. The van der Waals surface area contributed by atoms with E-state index < -0.39 is 23.3 Å². The smallest absolute Gasteiger partial charge is 0.323 e. The zero-order chi connectivity index (χ0) is 17.9. The highest BCUT2D eigenvalue weighted by Gasteiger charge is 2.27. The third-order valence-electron chi connectivity index (χ3n) is 3.58. The van der Waals surface area contributed by atoms with Crippen LogP contribution in [0.15, 0.2) is 18.2 Å². The normalized spacial score (nSPS) is 13.6. The van der Waals surface area contributed by atoms with E-state index in [1.807, 2.05) is 13.8 Å². The van der Waals surface area contributed by atoms with Gasteiger partial charge in [0.1, 0.15) is 12.2 Å². The van der Waals surface area contributed by atoms with E-state index in [0.29, 0.717) is 5.69 Å². The molecule has 1 aromatic carbocycles. The summed E-state index contributed by atoms with van der Waals surface area (Å²) >= 11 is 0. The van der Waals surface area contributed by atoms with Gasteiger partial charge in [0.25, 0.3) is 11.6 Å². The van der Waals surface area contributed by atoms with Crippen LogP contribution in [-0.4, -0.2) is 45.9 Å². The number of hydrogen-bond donors (Lipinski definition) is 2. The molecule has 0 heterocycles. The molecule has 0 atom stereocenters. The van der Waals surface area contributed by atoms with E-state index in [4.69, 9.17) is 5.11 Å². The summed E-state index contributed by atoms with van der Waals surface area (Å²) in [6, 6.07) is 4.46. The van der Waals surface area contributed by atoms with Crippen molar-refractivity contribution < 1.29 is 19.6 Å². The summed E-state index contributed by atoms with van der Waals surface area (Å²) in [5.74, 6) is -1.56. The van der Waals surface area contributed by atoms with Crippen molar-refractivity contribution in [3.05, 3.63) is 33.9 Å². The Labute approximate surface area is 139 Å². The number of aliphatic carboxylic acids is 1. The third-order valence-corrected chi connectivity index (χ3v) is 3.58. The first kappa shape index (κ1) is 17.7. The molecule has 130 valence electrons. The third kappa shape index (κ3) is 4.68. The zero-order valence-corrected chi connectivity index (χ0v) is 13.7. The van der Waals surface area contributed by atoms with Gasteiger partial charge in [-0.15, -0.1) is 0 Å². The quantitative estimate of drug-likeness (QED) is 0.557. The summed E-state index contributed by atoms with van der Waals surface area (Å²) in [6.07, 6.45) is 1.94. The van der Waals surface area contributed by atoms with Gasteiger partial charge in [-0.3, -0.25) is 19.7 Å². The molecule has 24 heavy (non-hydrogen) atoms. The van der Waals surface area contributed by atoms with Crippen LogP contribution in [-0.2, 0) is 4.79 Å². The summed E-state index contributed by atoms with van der Waals surface area (Å²) in [5, 5.41) is 23.3. The fourth-order valence-electron chi connectivity index (χ4n) is 2.39. The van der Waals surface area contributed by atoms with Crippen molar-refractivity contribution in [1.82, 2.24) is 4.90 Å². The molecule has 1 aliphatic carbocycles. The Kier molecular flexibility index (Phi) is 5.38. The van der Waals surface area contributed by atoms with Crippen LogP contribution >= 0.6 is 0 Å². The minimum atomic E-state index is -1.12. The second kappa shape index (κ2) is 7.29. The van der Waals surface area contributed by atoms with Gasteiger partial charge in [-0.25, -0.2) is 0 Å². The number of hydrogen-bond acceptors (Lipinski definition) is 5. The number of benzene rings is 1. The van der Waals surface area contributed by atoms with Crippen LogP contribution in [0.2, 0.25) is 0 Å². The van der Waals surface area contributed by atoms with E-state index in [-0.39, 0.29) is 29.8 Å². The minimum Gasteiger partial charge on any atom is -0.480 e. The molecule has 0 bridgehead atoms. The molecule has 0 radical (unpaired) electrons. The number of carbonyl (C=O) groups is 2. The standard InChI is InChI=1S/C16H21N3O5/c1-10(2)8-18(9-15(20)21)16(22)11-3-6-13(17-12-4-5-12)14(7-11)19(23)24/h3,6-7,10,12,17H,4-5,8-9H2,1-2H3,(H,20,21). The lowest BCUT2D eigenvalue weighted by molar-refractivity contribution is -0.384. The zero-order valence-electron chi connectivity index (χ0n) is 13.7. The maximum atomic E-state index is 12.6. The first-order chi connectivity index (χ1) is 11.3. The molecule has 0 unspecified atom stereocenters. The number of carbonyl (C=O) groups excluding carboxylic acids is 1. The number of anilines is 1. The van der Waals surface area contributed by atoms with Crippen LogP contribution in [0.3, 0.4) is 0 Å². The number of rotatable bonds is 8. The predicted molar refractivity (Wildman–Crippen MR) is 88.1 cm³/mol. The fourth-order valence-corrected chi connectivity index (χ4v) is 2.39. The van der Waals surface area contributed by atoms with E-state index in [0.717, 1.165) is 12.8 Å². The molecule has 2 rings (SSSR count). The number of nitro benzene ring substituents is 1. The molecule has 1 amide bonds. The lowest BCUT2D eigenvalue weighted by Crippen LogP contribution is -2.38. The molecule has 8 nitrogen and oxygen atoms in total. The number of amides is 1. The van der Waals surface area contributed by atoms with Crippen molar-refractivity contribution in [3.8, 4) is 0 Å². The van der Waals surface area contributed by atoms with Gasteiger partial charge in [-0.2, -0.15) is 0 Å². The van der Waals surface area contributed by atoms with Crippen LogP contribution in [0.5, 0.6) is 0 Å². The highest BCUT2D eigenvalue weighted by atomic mass is 16.6. The van der Waals surface area contributed by atoms with E-state index in [9.17, 15) is 19.7 Å². The van der Waals surface area contributed by atoms with Crippen molar-refractivity contribution in [1.29, 1.82) is 0 Å². The van der Waals surface area contributed by atoms with Crippen molar-refractivity contribution >= 4 is 23.3 Å². The summed E-state index contributed by atoms with van der Waals surface area (Å²) < 4.78 is 0. The van der Waals surface area contributed by atoms with Crippen LogP contribution in [0, 0.1) is 16.0 Å². The maximum absolute atomic E-state index is 12.6. The highest BCUT2D eigenvalue weighted by molar-refractivity contribution is 5.97. The van der Waals surface area contributed by atoms with Gasteiger partial charge in [-0.05, 0) is 30.9 Å². The van der Waals surface area contributed by atoms with E-state index >= 15 is 0 Å².